The second-order valence-electron chi connectivity index (χ2n) is 4.31. The number of benzene rings is 1. The molecule has 0 spiro atoms. The molecule has 0 saturated carbocycles. The van der Waals surface area contributed by atoms with E-state index < -0.39 is 0 Å². The lowest BCUT2D eigenvalue weighted by atomic mass is 10.1. The van der Waals surface area contributed by atoms with Crippen LogP contribution in [0.25, 0.3) is 16.6 Å². The summed E-state index contributed by atoms with van der Waals surface area (Å²) < 4.78 is 1.95. The van der Waals surface area contributed by atoms with Crippen LogP contribution in [0.2, 0.25) is 0 Å². The molecule has 1 amide bonds. The van der Waals surface area contributed by atoms with Gasteiger partial charge in [-0.15, -0.1) is 0 Å². The van der Waals surface area contributed by atoms with Crippen LogP contribution in [-0.4, -0.2) is 15.3 Å². The van der Waals surface area contributed by atoms with E-state index in [4.69, 9.17) is 0 Å². The molecule has 92 valence electrons. The second-order valence-corrected chi connectivity index (χ2v) is 5.35. The minimum Gasteiger partial charge on any atom is -0.321 e. The van der Waals surface area contributed by atoms with Crippen molar-refractivity contribution in [3.63, 3.8) is 0 Å². The maximum Gasteiger partial charge on any atom is 0.256 e. The van der Waals surface area contributed by atoms with Crippen molar-refractivity contribution in [3.8, 4) is 0 Å². The summed E-state index contributed by atoms with van der Waals surface area (Å²) in [4.78, 5) is 18.2. The topological polar surface area (TPSA) is 46.4 Å². The number of amides is 1. The van der Waals surface area contributed by atoms with Gasteiger partial charge in [-0.2, -0.15) is 0 Å². The minimum absolute atomic E-state index is 0.0489. The number of hydrogen-bond acceptors (Lipinski definition) is 3. The maximum absolute atomic E-state index is 12.0. The number of fused-ring (bicyclic) bond motifs is 2. The number of anilines is 1. The van der Waals surface area contributed by atoms with Crippen LogP contribution in [0, 0.1) is 0 Å². The minimum atomic E-state index is -0.0489. The Morgan fingerprint density at radius 3 is 3.11 bits per heavy atom. The molecule has 1 aliphatic heterocycles. The summed E-state index contributed by atoms with van der Waals surface area (Å²) >= 11 is 1.56. The van der Waals surface area contributed by atoms with E-state index >= 15 is 0 Å². The molecule has 0 aliphatic carbocycles. The van der Waals surface area contributed by atoms with Crippen LogP contribution in [0.3, 0.4) is 0 Å². The summed E-state index contributed by atoms with van der Waals surface area (Å²) in [6.45, 7) is 0. The van der Waals surface area contributed by atoms with E-state index in [1.165, 1.54) is 0 Å². The molecule has 3 heterocycles. The fourth-order valence-electron chi connectivity index (χ4n) is 2.24. The molecule has 0 radical (unpaired) electrons. The van der Waals surface area contributed by atoms with Crippen LogP contribution in [0.4, 0.5) is 5.69 Å². The van der Waals surface area contributed by atoms with Crippen LogP contribution in [0.1, 0.15) is 10.4 Å². The number of para-hydroxylation sites is 1. The molecule has 5 heteroatoms. The van der Waals surface area contributed by atoms with Gasteiger partial charge in [0.05, 0.1) is 5.57 Å². The van der Waals surface area contributed by atoms with Crippen molar-refractivity contribution in [1.82, 2.24) is 9.38 Å². The van der Waals surface area contributed by atoms with Crippen molar-refractivity contribution in [3.05, 3.63) is 53.3 Å². The van der Waals surface area contributed by atoms with Gasteiger partial charge in [-0.05, 0) is 12.1 Å². The normalized spacial score (nSPS) is 16.0. The molecule has 4 nitrogen and oxygen atoms in total. The third-order valence-corrected chi connectivity index (χ3v) is 4.06. The molecule has 1 aromatic carbocycles. The Bertz CT molecular complexity index is 799. The Balaban J connectivity index is 1.85. The predicted octanol–water partition coefficient (Wildman–Crippen LogP) is 2.89. The number of nitrogens with zero attached hydrogens (tertiary/aromatic N) is 2. The first-order chi connectivity index (χ1) is 9.31. The van der Waals surface area contributed by atoms with Crippen molar-refractivity contribution in [2.24, 2.45) is 0 Å². The number of hydrogen-bond donors (Lipinski definition) is 1. The third kappa shape index (κ3) is 1.59. The van der Waals surface area contributed by atoms with Gasteiger partial charge in [-0.25, -0.2) is 4.98 Å². The van der Waals surface area contributed by atoms with Crippen LogP contribution in [0.15, 0.2) is 42.9 Å². The summed E-state index contributed by atoms with van der Waals surface area (Å²) in [5.41, 5.74) is 2.54. The zero-order valence-corrected chi connectivity index (χ0v) is 10.6. The number of carbonyl (C=O) groups is 1. The fraction of sp³-hybridized carbons (Fsp3) is 0. The zero-order valence-electron chi connectivity index (χ0n) is 9.83. The van der Waals surface area contributed by atoms with Gasteiger partial charge in [0.25, 0.3) is 5.91 Å². The van der Waals surface area contributed by atoms with Gasteiger partial charge in [0.1, 0.15) is 0 Å². The van der Waals surface area contributed by atoms with Crippen molar-refractivity contribution < 1.29 is 4.79 Å². The summed E-state index contributed by atoms with van der Waals surface area (Å²) in [5, 5.41) is 2.87. The van der Waals surface area contributed by atoms with Crippen molar-refractivity contribution in [2.45, 2.75) is 0 Å². The highest BCUT2D eigenvalue weighted by molar-refractivity contribution is 7.17. The number of nitrogens with one attached hydrogen (secondary N) is 1. The molecule has 0 unspecified atom stereocenters. The average molecular weight is 267 g/mol. The molecule has 0 atom stereocenters. The monoisotopic (exact) mass is 267 g/mol. The van der Waals surface area contributed by atoms with Gasteiger partial charge in [0, 0.05) is 34.7 Å². The lowest BCUT2D eigenvalue weighted by Gasteiger charge is -1.95. The van der Waals surface area contributed by atoms with Gasteiger partial charge in [-0.1, -0.05) is 29.5 Å². The van der Waals surface area contributed by atoms with Gasteiger partial charge >= 0.3 is 0 Å². The highest BCUT2D eigenvalue weighted by Crippen LogP contribution is 2.33. The number of aromatic nitrogens is 2. The van der Waals surface area contributed by atoms with Crippen LogP contribution in [-0.2, 0) is 4.79 Å². The van der Waals surface area contributed by atoms with Gasteiger partial charge < -0.3 is 5.32 Å². The molecule has 3 aromatic rings. The smallest absolute Gasteiger partial charge is 0.256 e. The summed E-state index contributed by atoms with van der Waals surface area (Å²) in [6, 6.07) is 7.72. The molecule has 4 rings (SSSR count). The lowest BCUT2D eigenvalue weighted by molar-refractivity contribution is -0.110. The summed E-state index contributed by atoms with van der Waals surface area (Å²) in [7, 11) is 0. The van der Waals surface area contributed by atoms with Crippen LogP contribution in [0.5, 0.6) is 0 Å². The highest BCUT2D eigenvalue weighted by atomic mass is 32.1. The Hall–Kier alpha value is -2.40. The predicted molar refractivity (Wildman–Crippen MR) is 76.0 cm³/mol. The molecule has 1 aliphatic rings. The largest absolute Gasteiger partial charge is 0.321 e. The first-order valence-electron chi connectivity index (χ1n) is 5.86. The Morgan fingerprint density at radius 1 is 1.32 bits per heavy atom. The number of carbonyl (C=O) groups excluding carboxylic acids is 1. The van der Waals surface area contributed by atoms with Crippen molar-refractivity contribution in [1.29, 1.82) is 0 Å². The fourth-order valence-corrected chi connectivity index (χ4v) is 3.12. The van der Waals surface area contributed by atoms with Gasteiger partial charge in [0.2, 0.25) is 0 Å². The SMILES string of the molecule is O=C1Nc2ccccc2C1=Cc1cn2ccnc2s1. The molecule has 2 aromatic heterocycles. The van der Waals surface area contributed by atoms with E-state index in [0.717, 1.165) is 21.1 Å². The number of rotatable bonds is 1. The van der Waals surface area contributed by atoms with Crippen LogP contribution < -0.4 is 5.32 Å². The first kappa shape index (κ1) is 10.5. The first-order valence-corrected chi connectivity index (χ1v) is 6.68. The van der Waals surface area contributed by atoms with E-state index in [2.05, 4.69) is 10.3 Å². The van der Waals surface area contributed by atoms with E-state index in [9.17, 15) is 4.79 Å². The lowest BCUT2D eigenvalue weighted by Crippen LogP contribution is -2.03. The Labute approximate surface area is 113 Å². The third-order valence-electron chi connectivity index (χ3n) is 3.11. The van der Waals surface area contributed by atoms with E-state index in [-0.39, 0.29) is 5.91 Å². The second kappa shape index (κ2) is 3.80. The average Bonchev–Trinajstić information content (AvgIpc) is 3.04. The maximum atomic E-state index is 12.0. The van der Waals surface area contributed by atoms with Gasteiger partial charge in [0.15, 0.2) is 4.96 Å². The van der Waals surface area contributed by atoms with E-state index in [1.54, 1.807) is 17.5 Å². The Kier molecular flexibility index (Phi) is 2.10. The summed E-state index contributed by atoms with van der Waals surface area (Å²) in [6.07, 6.45) is 7.56. The van der Waals surface area contributed by atoms with Gasteiger partial charge in [-0.3, -0.25) is 9.20 Å². The molecular formula is C14H9N3OS. The molecule has 19 heavy (non-hydrogen) atoms. The molecule has 0 fully saturated rings. The standard InChI is InChI=1S/C14H9N3OS/c18-13-11(10-3-1-2-4-12(10)16-13)7-9-8-17-6-5-15-14(17)19-9/h1-8H,(H,16,18). The quantitative estimate of drug-likeness (QED) is 0.689. The van der Waals surface area contributed by atoms with E-state index in [0.29, 0.717) is 5.57 Å². The highest BCUT2D eigenvalue weighted by Gasteiger charge is 2.23. The van der Waals surface area contributed by atoms with Crippen molar-refractivity contribution >= 4 is 39.5 Å². The molecular weight excluding hydrogens is 258 g/mol. The van der Waals surface area contributed by atoms with Crippen molar-refractivity contribution in [2.75, 3.05) is 5.32 Å². The number of imidazole rings is 1. The number of thiazole rings is 1. The van der Waals surface area contributed by atoms with E-state index in [1.807, 2.05) is 47.1 Å². The molecule has 0 bridgehead atoms. The molecule has 0 saturated heterocycles. The Morgan fingerprint density at radius 2 is 2.21 bits per heavy atom. The zero-order chi connectivity index (χ0) is 12.8. The van der Waals surface area contributed by atoms with Crippen LogP contribution >= 0.6 is 11.3 Å². The molecule has 1 N–H and O–H groups in total. The summed E-state index contributed by atoms with van der Waals surface area (Å²) in [5.74, 6) is -0.0489.